The lowest BCUT2D eigenvalue weighted by molar-refractivity contribution is -0.384. The molecule has 2 rings (SSSR count). The Kier molecular flexibility index (Phi) is 3.23. The minimum absolute atomic E-state index is 0.0413. The number of carboxylic acids is 1. The van der Waals surface area contributed by atoms with Gasteiger partial charge in [-0.25, -0.2) is 4.68 Å². The zero-order chi connectivity index (χ0) is 14.0. The lowest BCUT2D eigenvalue weighted by atomic mass is 10.2. The lowest BCUT2D eigenvalue weighted by Gasteiger charge is -2.04. The smallest absolute Gasteiger partial charge is 0.309 e. The molecule has 1 aromatic heterocycles. The van der Waals surface area contributed by atoms with Crippen LogP contribution in [-0.2, 0) is 11.2 Å². The van der Waals surface area contributed by atoms with E-state index in [0.29, 0.717) is 17.1 Å². The first kappa shape index (κ1) is 12.7. The summed E-state index contributed by atoms with van der Waals surface area (Å²) in [5.41, 5.74) is 1.45. The van der Waals surface area contributed by atoms with Gasteiger partial charge in [-0.15, -0.1) is 5.10 Å². The number of nitro benzene ring substituents is 1. The van der Waals surface area contributed by atoms with Crippen LogP contribution in [0, 0.1) is 17.0 Å². The van der Waals surface area contributed by atoms with Crippen molar-refractivity contribution in [2.75, 3.05) is 0 Å². The highest BCUT2D eigenvalue weighted by atomic mass is 16.6. The van der Waals surface area contributed by atoms with Crippen LogP contribution in [0.4, 0.5) is 5.69 Å². The number of benzene rings is 1. The summed E-state index contributed by atoms with van der Waals surface area (Å²) in [7, 11) is 0. The maximum Gasteiger partial charge on any atom is 0.309 e. The summed E-state index contributed by atoms with van der Waals surface area (Å²) in [6, 6.07) is 5.66. The van der Waals surface area contributed by atoms with E-state index in [9.17, 15) is 14.9 Å². The van der Waals surface area contributed by atoms with Crippen molar-refractivity contribution in [2.45, 2.75) is 13.3 Å². The predicted octanol–water partition coefficient (Wildman–Crippen LogP) is 1.11. The highest BCUT2D eigenvalue weighted by Gasteiger charge is 2.15. The Labute approximate surface area is 107 Å². The van der Waals surface area contributed by atoms with Crippen LogP contribution >= 0.6 is 0 Å². The zero-order valence-corrected chi connectivity index (χ0v) is 9.98. The highest BCUT2D eigenvalue weighted by molar-refractivity contribution is 5.70. The Balaban J connectivity index is 2.41. The minimum atomic E-state index is -0.992. The van der Waals surface area contributed by atoms with E-state index < -0.39 is 10.9 Å². The van der Waals surface area contributed by atoms with Gasteiger partial charge in [0.2, 0.25) is 0 Å². The predicted molar refractivity (Wildman–Crippen MR) is 64.1 cm³/mol. The topological polar surface area (TPSA) is 111 Å². The maximum absolute atomic E-state index is 10.8. The number of nitrogens with zero attached hydrogens (tertiary/aromatic N) is 4. The fourth-order valence-electron chi connectivity index (χ4n) is 1.65. The average Bonchev–Trinajstić information content (AvgIpc) is 2.71. The molecule has 0 atom stereocenters. The zero-order valence-electron chi connectivity index (χ0n) is 9.98. The Morgan fingerprint density at radius 3 is 2.58 bits per heavy atom. The molecule has 0 spiro atoms. The van der Waals surface area contributed by atoms with Gasteiger partial charge in [-0.05, 0) is 19.1 Å². The van der Waals surface area contributed by atoms with E-state index in [1.165, 1.54) is 28.9 Å². The Hall–Kier alpha value is -2.77. The first-order valence-corrected chi connectivity index (χ1v) is 5.37. The summed E-state index contributed by atoms with van der Waals surface area (Å²) in [5, 5.41) is 27.1. The van der Waals surface area contributed by atoms with Crippen LogP contribution in [0.15, 0.2) is 24.3 Å². The fourth-order valence-corrected chi connectivity index (χ4v) is 1.65. The summed E-state index contributed by atoms with van der Waals surface area (Å²) >= 11 is 0. The Bertz CT molecular complexity index is 633. The van der Waals surface area contributed by atoms with Crippen LogP contribution in [0.3, 0.4) is 0 Å². The summed E-state index contributed by atoms with van der Waals surface area (Å²) in [4.78, 5) is 20.8. The number of hydrogen-bond acceptors (Lipinski definition) is 5. The first-order chi connectivity index (χ1) is 8.99. The normalized spacial score (nSPS) is 10.4. The van der Waals surface area contributed by atoms with Gasteiger partial charge >= 0.3 is 5.97 Å². The fraction of sp³-hybridized carbons (Fsp3) is 0.182. The molecule has 19 heavy (non-hydrogen) atoms. The minimum Gasteiger partial charge on any atom is -0.481 e. The molecule has 0 aliphatic rings. The average molecular weight is 262 g/mol. The van der Waals surface area contributed by atoms with E-state index in [-0.39, 0.29) is 12.1 Å². The molecule has 0 amide bonds. The van der Waals surface area contributed by atoms with Gasteiger partial charge in [0.25, 0.3) is 5.69 Å². The molecular formula is C11H10N4O4. The van der Waals surface area contributed by atoms with Crippen molar-refractivity contribution in [1.82, 2.24) is 15.0 Å². The van der Waals surface area contributed by atoms with E-state index in [2.05, 4.69) is 10.3 Å². The van der Waals surface area contributed by atoms with Crippen molar-refractivity contribution in [3.8, 4) is 5.69 Å². The molecule has 0 saturated carbocycles. The van der Waals surface area contributed by atoms with Gasteiger partial charge in [-0.1, -0.05) is 5.21 Å². The van der Waals surface area contributed by atoms with Crippen molar-refractivity contribution in [2.24, 2.45) is 0 Å². The molecule has 0 aliphatic carbocycles. The second-order valence-electron chi connectivity index (χ2n) is 3.88. The molecule has 1 heterocycles. The second kappa shape index (κ2) is 4.84. The van der Waals surface area contributed by atoms with Crippen molar-refractivity contribution in [3.05, 3.63) is 45.8 Å². The third-order valence-corrected chi connectivity index (χ3v) is 2.58. The van der Waals surface area contributed by atoms with Gasteiger partial charge in [0.15, 0.2) is 0 Å². The number of rotatable bonds is 4. The van der Waals surface area contributed by atoms with Gasteiger partial charge in [-0.3, -0.25) is 14.9 Å². The molecule has 98 valence electrons. The van der Waals surface area contributed by atoms with Crippen LogP contribution in [-0.4, -0.2) is 31.0 Å². The molecule has 8 nitrogen and oxygen atoms in total. The van der Waals surface area contributed by atoms with Crippen LogP contribution < -0.4 is 0 Å². The van der Waals surface area contributed by atoms with E-state index in [1.54, 1.807) is 6.92 Å². The molecule has 8 heteroatoms. The van der Waals surface area contributed by atoms with Gasteiger partial charge in [-0.2, -0.15) is 0 Å². The molecule has 0 saturated heterocycles. The van der Waals surface area contributed by atoms with Crippen molar-refractivity contribution in [1.29, 1.82) is 0 Å². The van der Waals surface area contributed by atoms with Crippen LogP contribution in [0.1, 0.15) is 11.4 Å². The van der Waals surface area contributed by atoms with Crippen LogP contribution in [0.2, 0.25) is 0 Å². The standard InChI is InChI=1S/C11H10N4O4/c1-7-10(6-11(16)17)14(13-12-7)8-2-4-9(5-3-8)15(18)19/h2-5H,6H2,1H3,(H,16,17). The number of aromatic nitrogens is 3. The number of carboxylic acid groups (broad SMARTS) is 1. The van der Waals surface area contributed by atoms with Gasteiger partial charge in [0, 0.05) is 12.1 Å². The van der Waals surface area contributed by atoms with Crippen molar-refractivity contribution < 1.29 is 14.8 Å². The molecular weight excluding hydrogens is 252 g/mol. The number of hydrogen-bond donors (Lipinski definition) is 1. The summed E-state index contributed by atoms with van der Waals surface area (Å²) in [6.45, 7) is 1.66. The van der Waals surface area contributed by atoms with Crippen LogP contribution in [0.25, 0.3) is 5.69 Å². The quantitative estimate of drug-likeness (QED) is 0.652. The summed E-state index contributed by atoms with van der Waals surface area (Å²) < 4.78 is 1.37. The SMILES string of the molecule is Cc1nnn(-c2ccc([N+](=O)[O-])cc2)c1CC(=O)O. The molecule has 0 fully saturated rings. The highest BCUT2D eigenvalue weighted by Crippen LogP contribution is 2.17. The second-order valence-corrected chi connectivity index (χ2v) is 3.88. The molecule has 0 unspecified atom stereocenters. The largest absolute Gasteiger partial charge is 0.481 e. The molecule has 0 radical (unpaired) electrons. The lowest BCUT2D eigenvalue weighted by Crippen LogP contribution is -2.09. The number of aryl methyl sites for hydroxylation is 1. The van der Waals surface area contributed by atoms with Crippen molar-refractivity contribution >= 4 is 11.7 Å². The van der Waals surface area contributed by atoms with E-state index in [1.807, 2.05) is 0 Å². The third kappa shape index (κ3) is 2.57. The van der Waals surface area contributed by atoms with Gasteiger partial charge in [0.1, 0.15) is 0 Å². The van der Waals surface area contributed by atoms with E-state index in [0.717, 1.165) is 0 Å². The maximum atomic E-state index is 10.8. The number of carbonyl (C=O) groups is 1. The summed E-state index contributed by atoms with van der Waals surface area (Å²) in [5.74, 6) is -0.992. The Morgan fingerprint density at radius 2 is 2.05 bits per heavy atom. The number of non-ortho nitro benzene ring substituents is 1. The van der Waals surface area contributed by atoms with Crippen LogP contribution in [0.5, 0.6) is 0 Å². The van der Waals surface area contributed by atoms with Gasteiger partial charge < -0.3 is 5.11 Å². The van der Waals surface area contributed by atoms with E-state index >= 15 is 0 Å². The molecule has 0 aliphatic heterocycles. The molecule has 1 N–H and O–H groups in total. The van der Waals surface area contributed by atoms with Gasteiger partial charge in [0.05, 0.1) is 28.4 Å². The van der Waals surface area contributed by atoms with E-state index in [4.69, 9.17) is 5.11 Å². The molecule has 0 bridgehead atoms. The third-order valence-electron chi connectivity index (χ3n) is 2.58. The molecule has 2 aromatic rings. The summed E-state index contributed by atoms with van der Waals surface area (Å²) in [6.07, 6.45) is -0.212. The number of aliphatic carboxylic acids is 1. The first-order valence-electron chi connectivity index (χ1n) is 5.37. The van der Waals surface area contributed by atoms with Crippen molar-refractivity contribution in [3.63, 3.8) is 0 Å². The monoisotopic (exact) mass is 262 g/mol. The molecule has 1 aromatic carbocycles. The Morgan fingerprint density at radius 1 is 1.42 bits per heavy atom. The number of nitro groups is 1.